The van der Waals surface area contributed by atoms with Crippen molar-refractivity contribution >= 4 is 17.0 Å². The molecule has 6 nitrogen and oxygen atoms in total. The molecular weight excluding hydrogens is 342 g/mol. The summed E-state index contributed by atoms with van der Waals surface area (Å²) in [6, 6.07) is 7.14. The van der Waals surface area contributed by atoms with Crippen LogP contribution in [0.2, 0.25) is 0 Å². The van der Waals surface area contributed by atoms with Gasteiger partial charge in [0.05, 0.1) is 19.8 Å². The quantitative estimate of drug-likeness (QED) is 0.884. The van der Waals surface area contributed by atoms with Crippen molar-refractivity contribution in [2.24, 2.45) is 5.92 Å². The number of benzene rings is 1. The first-order chi connectivity index (χ1) is 13.2. The highest BCUT2D eigenvalue weighted by atomic mass is 16.6. The van der Waals surface area contributed by atoms with Crippen molar-refractivity contribution in [1.82, 2.24) is 14.8 Å². The van der Waals surface area contributed by atoms with Gasteiger partial charge in [-0.2, -0.15) is 0 Å². The molecule has 6 heteroatoms. The van der Waals surface area contributed by atoms with E-state index in [1.165, 1.54) is 22.0 Å². The second kappa shape index (κ2) is 6.84. The average molecular weight is 369 g/mol. The van der Waals surface area contributed by atoms with Crippen LogP contribution in [0.1, 0.15) is 23.5 Å². The number of hydrogen-bond acceptors (Lipinski definition) is 4. The second-order valence-electron chi connectivity index (χ2n) is 8.18. The van der Waals surface area contributed by atoms with Gasteiger partial charge in [-0.05, 0) is 37.1 Å². The molecular formula is C21H27N3O3. The molecule has 27 heavy (non-hydrogen) atoms. The molecule has 3 heterocycles. The number of rotatable bonds is 2. The molecule has 144 valence electrons. The number of nitrogens with one attached hydrogen (secondary N) is 1. The Bertz CT molecular complexity index is 842. The lowest BCUT2D eigenvalue weighted by atomic mass is 9.72. The van der Waals surface area contributed by atoms with Gasteiger partial charge in [-0.3, -0.25) is 0 Å². The van der Waals surface area contributed by atoms with Gasteiger partial charge in [0.1, 0.15) is 0 Å². The van der Waals surface area contributed by atoms with E-state index in [0.717, 1.165) is 19.4 Å². The Morgan fingerprint density at radius 2 is 2.19 bits per heavy atom. The molecule has 1 amide bonds. The highest BCUT2D eigenvalue weighted by Crippen LogP contribution is 2.44. The van der Waals surface area contributed by atoms with Gasteiger partial charge in [0.2, 0.25) is 0 Å². The Kier molecular flexibility index (Phi) is 4.32. The minimum atomic E-state index is -0.193. The number of carbonyl (C=O) groups excluding carboxylic acids is 1. The molecule has 1 aromatic carbocycles. The third-order valence-electron chi connectivity index (χ3n) is 6.52. The first-order valence-corrected chi connectivity index (χ1v) is 9.99. The molecule has 0 bridgehead atoms. The fraction of sp³-hybridized carbons (Fsp3) is 0.571. The summed E-state index contributed by atoms with van der Waals surface area (Å²) in [5.74, 6) is 0.875. The fourth-order valence-electron chi connectivity index (χ4n) is 5.20. The van der Waals surface area contributed by atoms with E-state index in [-0.39, 0.29) is 6.09 Å². The smallest absolute Gasteiger partial charge is 0.409 e. The van der Waals surface area contributed by atoms with Crippen molar-refractivity contribution in [3.63, 3.8) is 0 Å². The van der Waals surface area contributed by atoms with Crippen LogP contribution in [-0.2, 0) is 15.9 Å². The number of ether oxygens (including phenoxy) is 2. The molecule has 0 saturated carbocycles. The largest absolute Gasteiger partial charge is 0.449 e. The minimum absolute atomic E-state index is 0.193. The van der Waals surface area contributed by atoms with Crippen LogP contribution >= 0.6 is 0 Å². The SMILES string of the molecule is CN1C[C@H](COC(=O)N2CCOCC2)C[C@@H]2c3cccc4[nH]cc(c34)C[C@H]21. The number of aromatic amines is 1. The number of aromatic nitrogens is 1. The third-order valence-corrected chi connectivity index (χ3v) is 6.52. The number of H-pyrrole nitrogens is 1. The van der Waals surface area contributed by atoms with Crippen LogP contribution in [-0.4, -0.2) is 73.4 Å². The number of fused-ring (bicyclic) bond motifs is 2. The zero-order chi connectivity index (χ0) is 18.4. The van der Waals surface area contributed by atoms with Gasteiger partial charge in [0.15, 0.2) is 0 Å². The van der Waals surface area contributed by atoms with E-state index >= 15 is 0 Å². The average Bonchev–Trinajstić information content (AvgIpc) is 3.12. The van der Waals surface area contributed by atoms with E-state index in [4.69, 9.17) is 9.47 Å². The molecule has 3 aliphatic rings. The van der Waals surface area contributed by atoms with Gasteiger partial charge in [-0.25, -0.2) is 4.79 Å². The first-order valence-electron chi connectivity index (χ1n) is 9.99. The van der Waals surface area contributed by atoms with Crippen molar-refractivity contribution in [3.05, 3.63) is 35.5 Å². The second-order valence-corrected chi connectivity index (χ2v) is 8.18. The predicted molar refractivity (Wildman–Crippen MR) is 103 cm³/mol. The van der Waals surface area contributed by atoms with Crippen LogP contribution in [0.15, 0.2) is 24.4 Å². The number of hydrogen-bond donors (Lipinski definition) is 1. The van der Waals surface area contributed by atoms with Crippen LogP contribution < -0.4 is 0 Å². The summed E-state index contributed by atoms with van der Waals surface area (Å²) in [7, 11) is 2.21. The normalized spacial score (nSPS) is 28.2. The molecule has 1 aromatic heterocycles. The van der Waals surface area contributed by atoms with Crippen LogP contribution in [0.25, 0.3) is 10.9 Å². The van der Waals surface area contributed by atoms with Crippen molar-refractivity contribution in [1.29, 1.82) is 0 Å². The molecule has 5 rings (SSSR count). The molecule has 1 aliphatic carbocycles. The van der Waals surface area contributed by atoms with Crippen molar-refractivity contribution < 1.29 is 14.3 Å². The standard InChI is InChI=1S/C21H27N3O3/c1-23-12-14(13-27-21(25)24-5-7-26-8-6-24)9-17-16-3-2-4-18-20(16)15(11-22-18)10-19(17)23/h2-4,11,14,17,19,22H,5-10,12-13H2,1H3/t14-,17-,19-/m1/s1. The highest BCUT2D eigenvalue weighted by Gasteiger charge is 2.39. The van der Waals surface area contributed by atoms with Crippen molar-refractivity contribution in [2.45, 2.75) is 24.8 Å². The van der Waals surface area contributed by atoms with E-state index in [1.807, 2.05) is 0 Å². The van der Waals surface area contributed by atoms with E-state index in [2.05, 4.69) is 41.3 Å². The van der Waals surface area contributed by atoms with E-state index < -0.39 is 0 Å². The number of likely N-dealkylation sites (tertiary alicyclic amines) is 1. The van der Waals surface area contributed by atoms with Crippen molar-refractivity contribution in [3.8, 4) is 0 Å². The van der Waals surface area contributed by atoms with E-state index in [1.54, 1.807) is 4.90 Å². The van der Waals surface area contributed by atoms with Gasteiger partial charge in [0.25, 0.3) is 0 Å². The van der Waals surface area contributed by atoms with Gasteiger partial charge in [-0.15, -0.1) is 0 Å². The van der Waals surface area contributed by atoms with Gasteiger partial charge >= 0.3 is 6.09 Å². The number of carbonyl (C=O) groups is 1. The lowest BCUT2D eigenvalue weighted by Crippen LogP contribution is -2.49. The molecule has 2 fully saturated rings. The summed E-state index contributed by atoms with van der Waals surface area (Å²) in [6.45, 7) is 3.95. The molecule has 0 unspecified atom stereocenters. The lowest BCUT2D eigenvalue weighted by molar-refractivity contribution is 0.0132. The van der Waals surface area contributed by atoms with Crippen LogP contribution in [0.5, 0.6) is 0 Å². The van der Waals surface area contributed by atoms with E-state index in [9.17, 15) is 4.79 Å². The molecule has 2 saturated heterocycles. The molecule has 2 aliphatic heterocycles. The fourth-order valence-corrected chi connectivity index (χ4v) is 5.20. The van der Waals surface area contributed by atoms with Crippen LogP contribution in [0.4, 0.5) is 4.79 Å². The topological polar surface area (TPSA) is 57.8 Å². The number of nitrogens with zero attached hydrogens (tertiary/aromatic N) is 2. The maximum absolute atomic E-state index is 12.3. The minimum Gasteiger partial charge on any atom is -0.449 e. The Labute approximate surface area is 159 Å². The van der Waals surface area contributed by atoms with E-state index in [0.29, 0.717) is 50.8 Å². The first kappa shape index (κ1) is 17.1. The van der Waals surface area contributed by atoms with Gasteiger partial charge in [-0.1, -0.05) is 12.1 Å². The Morgan fingerprint density at radius 1 is 1.33 bits per heavy atom. The zero-order valence-corrected chi connectivity index (χ0v) is 15.8. The Morgan fingerprint density at radius 3 is 3.04 bits per heavy atom. The maximum atomic E-state index is 12.3. The molecule has 1 N–H and O–H groups in total. The number of piperidine rings is 1. The van der Waals surface area contributed by atoms with Gasteiger partial charge in [0, 0.05) is 54.6 Å². The number of amides is 1. The molecule has 2 aromatic rings. The lowest BCUT2D eigenvalue weighted by Gasteiger charge is -2.45. The summed E-state index contributed by atoms with van der Waals surface area (Å²) in [5, 5.41) is 1.41. The number of likely N-dealkylation sites (N-methyl/N-ethyl adjacent to an activating group) is 1. The van der Waals surface area contributed by atoms with Crippen molar-refractivity contribution in [2.75, 3.05) is 46.5 Å². The summed E-state index contributed by atoms with van der Waals surface area (Å²) in [4.78, 5) is 20.0. The molecule has 3 atom stereocenters. The third kappa shape index (κ3) is 3.01. The summed E-state index contributed by atoms with van der Waals surface area (Å²) < 4.78 is 11.0. The Balaban J connectivity index is 1.30. The summed E-state index contributed by atoms with van der Waals surface area (Å²) in [6.07, 6.45) is 4.16. The highest BCUT2D eigenvalue weighted by molar-refractivity contribution is 5.88. The van der Waals surface area contributed by atoms with Gasteiger partial charge < -0.3 is 24.3 Å². The molecule has 0 radical (unpaired) electrons. The summed E-state index contributed by atoms with van der Waals surface area (Å²) >= 11 is 0. The van der Waals surface area contributed by atoms with Crippen LogP contribution in [0.3, 0.4) is 0 Å². The Hall–Kier alpha value is -2.05. The monoisotopic (exact) mass is 369 g/mol. The number of morpholine rings is 1. The molecule has 0 spiro atoms. The zero-order valence-electron chi connectivity index (χ0n) is 15.8. The summed E-state index contributed by atoms with van der Waals surface area (Å²) in [5.41, 5.74) is 4.13. The van der Waals surface area contributed by atoms with Crippen LogP contribution in [0, 0.1) is 5.92 Å². The predicted octanol–water partition coefficient (Wildman–Crippen LogP) is 2.60. The maximum Gasteiger partial charge on any atom is 0.409 e.